The van der Waals surface area contributed by atoms with Crippen LogP contribution in [-0.4, -0.2) is 21.2 Å². The maximum Gasteiger partial charge on any atom is 0.329 e. The highest BCUT2D eigenvalue weighted by Crippen LogP contribution is 2.35. The number of nitrogens with zero attached hydrogens (tertiary/aromatic N) is 2. The largest absolute Gasteiger partial charge is 0.860 e. The lowest BCUT2D eigenvalue weighted by Gasteiger charge is -2.28. The van der Waals surface area contributed by atoms with E-state index >= 15 is 0 Å². The Labute approximate surface area is 118 Å². The number of nitrogens with one attached hydrogen (secondary N) is 1. The molecule has 0 aromatic carbocycles. The van der Waals surface area contributed by atoms with Gasteiger partial charge in [0, 0.05) is 37.7 Å². The summed E-state index contributed by atoms with van der Waals surface area (Å²) >= 11 is 0. The highest BCUT2D eigenvalue weighted by Gasteiger charge is 2.36. The number of hydrogen-bond donors (Lipinski definition) is 1. The van der Waals surface area contributed by atoms with E-state index in [1.807, 2.05) is 6.92 Å². The van der Waals surface area contributed by atoms with Crippen molar-refractivity contribution in [2.75, 3.05) is 0 Å². The molecule has 0 saturated carbocycles. The molecule has 3 unspecified atom stereocenters. The van der Waals surface area contributed by atoms with Crippen LogP contribution in [0.3, 0.4) is 0 Å². The quantitative estimate of drug-likeness (QED) is 0.803. The Morgan fingerprint density at radius 3 is 2.40 bits per heavy atom. The van der Waals surface area contributed by atoms with E-state index in [2.05, 4.69) is 19.2 Å². The minimum Gasteiger partial charge on any atom is -0.860 e. The molecule has 3 atom stereocenters. The molecule has 1 saturated heterocycles. The third-order valence-electron chi connectivity index (χ3n) is 4.25. The second-order valence-electron chi connectivity index (χ2n) is 6.10. The van der Waals surface area contributed by atoms with Crippen LogP contribution in [0, 0.1) is 5.92 Å². The summed E-state index contributed by atoms with van der Waals surface area (Å²) < 4.78 is 2.05. The van der Waals surface area contributed by atoms with E-state index in [1.54, 1.807) is 0 Å². The Hall–Kier alpha value is -1.56. The molecule has 2 rings (SSSR count). The third-order valence-corrected chi connectivity index (χ3v) is 4.25. The predicted octanol–water partition coefficient (Wildman–Crippen LogP) is -0.352. The molecule has 1 aromatic heterocycles. The van der Waals surface area contributed by atoms with Gasteiger partial charge in [-0.25, -0.2) is 4.79 Å². The van der Waals surface area contributed by atoms with Crippen LogP contribution in [0.25, 0.3) is 0 Å². The topological polar surface area (TPSA) is 79.1 Å². The minimum atomic E-state index is -0.566. The van der Waals surface area contributed by atoms with E-state index in [0.29, 0.717) is 5.92 Å². The SMILES string of the molecule is CC1CC(c2c([O-])n(C)c(=O)n(C)c2=O)C(C(C)C)N1. The number of rotatable bonds is 2. The van der Waals surface area contributed by atoms with Crippen LogP contribution in [0.2, 0.25) is 0 Å². The zero-order valence-electron chi connectivity index (χ0n) is 12.6. The first-order valence-electron chi connectivity index (χ1n) is 6.98. The zero-order valence-corrected chi connectivity index (χ0v) is 12.6. The molecule has 0 radical (unpaired) electrons. The van der Waals surface area contributed by atoms with Gasteiger partial charge in [0.05, 0.1) is 0 Å². The second kappa shape index (κ2) is 5.09. The molecule has 1 aliphatic rings. The zero-order chi connectivity index (χ0) is 15.2. The fourth-order valence-electron chi connectivity index (χ4n) is 3.16. The molecule has 6 nitrogen and oxygen atoms in total. The van der Waals surface area contributed by atoms with Crippen molar-refractivity contribution in [3.05, 3.63) is 26.4 Å². The fraction of sp³-hybridized carbons (Fsp3) is 0.714. The summed E-state index contributed by atoms with van der Waals surface area (Å²) in [4.78, 5) is 24.1. The molecule has 6 heteroatoms. The van der Waals surface area contributed by atoms with Crippen molar-refractivity contribution in [3.8, 4) is 5.88 Å². The molecule has 20 heavy (non-hydrogen) atoms. The Kier molecular flexibility index (Phi) is 3.77. The molecule has 1 aliphatic heterocycles. The maximum absolute atomic E-state index is 12.3. The van der Waals surface area contributed by atoms with Gasteiger partial charge < -0.3 is 15.0 Å². The van der Waals surface area contributed by atoms with E-state index in [4.69, 9.17) is 0 Å². The highest BCUT2D eigenvalue weighted by atomic mass is 16.3. The monoisotopic (exact) mass is 280 g/mol. The lowest BCUT2D eigenvalue weighted by Crippen LogP contribution is -2.43. The van der Waals surface area contributed by atoms with Crippen molar-refractivity contribution in [2.45, 2.75) is 45.2 Å². The van der Waals surface area contributed by atoms with Gasteiger partial charge in [-0.2, -0.15) is 0 Å². The van der Waals surface area contributed by atoms with E-state index in [-0.39, 0.29) is 23.6 Å². The van der Waals surface area contributed by atoms with Crippen molar-refractivity contribution < 1.29 is 5.11 Å². The van der Waals surface area contributed by atoms with Gasteiger partial charge in [-0.05, 0) is 25.1 Å². The number of aromatic nitrogens is 2. The van der Waals surface area contributed by atoms with Gasteiger partial charge >= 0.3 is 5.69 Å². The third kappa shape index (κ3) is 2.18. The molecule has 1 fully saturated rings. The Morgan fingerprint density at radius 2 is 1.85 bits per heavy atom. The van der Waals surface area contributed by atoms with Crippen molar-refractivity contribution >= 4 is 0 Å². The summed E-state index contributed by atoms with van der Waals surface area (Å²) in [5, 5.41) is 15.8. The highest BCUT2D eigenvalue weighted by molar-refractivity contribution is 5.29. The molecule has 1 N–H and O–H groups in total. The van der Waals surface area contributed by atoms with Crippen molar-refractivity contribution in [1.29, 1.82) is 0 Å². The van der Waals surface area contributed by atoms with E-state index in [0.717, 1.165) is 15.6 Å². The van der Waals surface area contributed by atoms with Gasteiger partial charge in [0.2, 0.25) is 0 Å². The molecular weight excluding hydrogens is 258 g/mol. The first-order valence-corrected chi connectivity index (χ1v) is 6.98. The van der Waals surface area contributed by atoms with Crippen LogP contribution in [0.5, 0.6) is 5.88 Å². The first-order chi connectivity index (χ1) is 9.25. The predicted molar refractivity (Wildman–Crippen MR) is 75.0 cm³/mol. The standard InChI is InChI=1S/C14H23N3O3/c1-7(2)11-9(6-8(3)15-11)10-12(18)16(4)14(20)17(5)13(10)19/h7-9,11,15,18H,6H2,1-5H3/p-1. The van der Waals surface area contributed by atoms with Gasteiger partial charge in [0.25, 0.3) is 5.56 Å². The number of hydrogen-bond acceptors (Lipinski definition) is 4. The van der Waals surface area contributed by atoms with E-state index in [9.17, 15) is 14.7 Å². The van der Waals surface area contributed by atoms with Crippen molar-refractivity contribution in [2.24, 2.45) is 20.0 Å². The van der Waals surface area contributed by atoms with Crippen LogP contribution in [0.4, 0.5) is 0 Å². The second-order valence-corrected chi connectivity index (χ2v) is 6.10. The van der Waals surface area contributed by atoms with Crippen molar-refractivity contribution in [3.63, 3.8) is 0 Å². The summed E-state index contributed by atoms with van der Waals surface area (Å²) in [6, 6.07) is 0.344. The molecular formula is C14H22N3O3-. The van der Waals surface area contributed by atoms with Crippen LogP contribution in [0.1, 0.15) is 38.7 Å². The van der Waals surface area contributed by atoms with Gasteiger partial charge in [-0.3, -0.25) is 9.36 Å². The minimum absolute atomic E-state index is 0.0860. The first kappa shape index (κ1) is 14.8. The Balaban J connectivity index is 2.64. The van der Waals surface area contributed by atoms with E-state index < -0.39 is 17.1 Å². The van der Waals surface area contributed by atoms with Crippen LogP contribution < -0.4 is 21.7 Å². The lowest BCUT2D eigenvalue weighted by atomic mass is 9.86. The summed E-state index contributed by atoms with van der Waals surface area (Å²) in [6.07, 6.45) is 0.742. The summed E-state index contributed by atoms with van der Waals surface area (Å²) in [5.74, 6) is -0.279. The van der Waals surface area contributed by atoms with Gasteiger partial charge in [0.15, 0.2) is 0 Å². The van der Waals surface area contributed by atoms with E-state index in [1.165, 1.54) is 14.1 Å². The average molecular weight is 280 g/mol. The Morgan fingerprint density at radius 1 is 1.25 bits per heavy atom. The maximum atomic E-state index is 12.3. The molecule has 0 bridgehead atoms. The smallest absolute Gasteiger partial charge is 0.329 e. The van der Waals surface area contributed by atoms with Crippen LogP contribution in [-0.2, 0) is 14.1 Å². The molecule has 0 spiro atoms. The van der Waals surface area contributed by atoms with Crippen LogP contribution >= 0.6 is 0 Å². The normalized spacial score (nSPS) is 26.4. The van der Waals surface area contributed by atoms with Crippen molar-refractivity contribution in [1.82, 2.24) is 14.5 Å². The molecule has 0 amide bonds. The molecule has 0 aliphatic carbocycles. The van der Waals surface area contributed by atoms with Gasteiger partial charge in [0.1, 0.15) is 0 Å². The molecule has 1 aromatic rings. The lowest BCUT2D eigenvalue weighted by molar-refractivity contribution is -0.281. The van der Waals surface area contributed by atoms with Crippen LogP contribution in [0.15, 0.2) is 9.59 Å². The summed E-state index contributed by atoms with van der Waals surface area (Å²) in [6.45, 7) is 6.19. The Bertz CT molecular complexity index is 630. The summed E-state index contributed by atoms with van der Waals surface area (Å²) in [5.41, 5.74) is -0.779. The van der Waals surface area contributed by atoms with Gasteiger partial charge in [-0.15, -0.1) is 0 Å². The molecule has 2 heterocycles. The summed E-state index contributed by atoms with van der Waals surface area (Å²) in [7, 11) is 2.84. The fourth-order valence-corrected chi connectivity index (χ4v) is 3.16. The van der Waals surface area contributed by atoms with Gasteiger partial charge in [-0.1, -0.05) is 13.8 Å². The molecule has 112 valence electrons. The average Bonchev–Trinajstić information content (AvgIpc) is 2.76.